The van der Waals surface area contributed by atoms with Crippen molar-refractivity contribution in [2.45, 2.75) is 145 Å². The first-order valence-electron chi connectivity index (χ1n) is 37.5. The van der Waals surface area contributed by atoms with Gasteiger partial charge in [0, 0.05) is 89.2 Å². The Kier molecular flexibility index (Phi) is 33.9. The van der Waals surface area contributed by atoms with E-state index in [0.29, 0.717) is 27.8 Å². The van der Waals surface area contributed by atoms with Gasteiger partial charge in [-0.25, -0.2) is 15.0 Å². The van der Waals surface area contributed by atoms with Crippen molar-refractivity contribution in [3.63, 3.8) is 0 Å². The van der Waals surface area contributed by atoms with E-state index >= 15 is 14.4 Å². The predicted octanol–water partition coefficient (Wildman–Crippen LogP) is -4.01. The summed E-state index contributed by atoms with van der Waals surface area (Å²) in [5, 5.41) is 54.0. The normalized spacial score (nSPS) is 22.3. The second-order valence-corrected chi connectivity index (χ2v) is 28.6. The molecule has 116 heavy (non-hydrogen) atoms. The van der Waals surface area contributed by atoms with E-state index in [1.165, 1.54) is 44.6 Å². The van der Waals surface area contributed by atoms with Crippen LogP contribution in [-0.2, 0) is 113 Å². The van der Waals surface area contributed by atoms with E-state index in [2.05, 4.69) is 94.0 Å². The number of hydrogen-bond donors (Lipinski definition) is 19. The molecule has 39 heteroatoms. The second kappa shape index (κ2) is 44.4. The number of fused-ring (bicyclic) bond motifs is 1. The van der Waals surface area contributed by atoms with Gasteiger partial charge in [-0.05, 0) is 53.1 Å². The Hall–Kier alpha value is -13.1. The van der Waals surface area contributed by atoms with E-state index in [1.807, 2.05) is 24.3 Å². The molecule has 0 bridgehead atoms. The van der Waals surface area contributed by atoms with Gasteiger partial charge in [0.05, 0.1) is 55.8 Å². The standard InChI is InChI=1S/C77H99N23O15S/c1-5-52-68(107)94-56(29-47-23-15-22-46-21-13-14-24-51(46)47)71(110)95-57(30-48-33-81-41-87-48)66(105)86-37-64(103)90-60(38-101)74(113)93-54(25-16-26-84-77(79)80)76(115)100(4)62(28-45-19-11-8-12-20-45)75(114)97-58(31-49-34-82-42-88-49)72(111)92-53(6-2)69(108)96-59(32-50-35-83-43-99(50)3)73(112)98-61(67(106)85-36-63(78)102)39-116-40-65(104)89-55(70(109)91-52)27-44-17-9-7-10-18-44/h7-15,17-24,33-35,41-43,52-62,101H,5-6,16,25-32,36-40H2,1-4H3,(H2,78,102)(H,81,87)(H,82,88)(H,85,106)(H,86,105)(H,89,104)(H,90,103)(H,91,109)(H,92,111)(H,93,113)(H,94,107)(H,95,110)(H,96,108)(H,97,114)(H,98,112)(H4,79,80,84)/t52-,53-,54-,55-,56-,57-,58-,59-,60-,61-,62-/m0/s1. The van der Waals surface area contributed by atoms with Gasteiger partial charge < -0.3 is 105 Å². The number of thioether (sulfide) groups is 1. The number of aryl methyl sites for hydroxylation is 1. The van der Waals surface area contributed by atoms with Crippen LogP contribution in [0.2, 0.25) is 0 Å². The summed E-state index contributed by atoms with van der Waals surface area (Å²) in [5.41, 5.74) is 13.6. The Labute approximate surface area is 671 Å². The number of nitrogens with one attached hydrogen (secondary N) is 16. The minimum Gasteiger partial charge on any atom is -0.394 e. The Bertz CT molecular complexity index is 4550. The van der Waals surface area contributed by atoms with Crippen LogP contribution in [0.15, 0.2) is 141 Å². The number of primary amides is 1. The van der Waals surface area contributed by atoms with Crippen molar-refractivity contribution in [2.75, 3.05) is 44.8 Å². The molecular weight excluding hydrogens is 1520 g/mol. The second-order valence-electron chi connectivity index (χ2n) is 27.5. The Morgan fingerprint density at radius 3 is 1.60 bits per heavy atom. The Morgan fingerprint density at radius 2 is 1.04 bits per heavy atom. The lowest BCUT2D eigenvalue weighted by Crippen LogP contribution is -2.61. The highest BCUT2D eigenvalue weighted by Gasteiger charge is 2.39. The van der Waals surface area contributed by atoms with Crippen LogP contribution in [0.4, 0.5) is 0 Å². The number of aliphatic hydroxyl groups excluding tert-OH is 1. The average Bonchev–Trinajstić information content (AvgIpc) is 1.73. The number of benzene rings is 4. The van der Waals surface area contributed by atoms with Gasteiger partial charge in [0.25, 0.3) is 0 Å². The lowest BCUT2D eigenvalue weighted by Gasteiger charge is -2.33. The molecule has 11 atom stereocenters. The van der Waals surface area contributed by atoms with Crippen molar-refractivity contribution in [1.82, 2.24) is 104 Å². The first kappa shape index (κ1) is 88.5. The number of nitrogens with zero attached hydrogens (tertiary/aromatic N) is 5. The van der Waals surface area contributed by atoms with E-state index in [4.69, 9.17) is 16.9 Å². The number of aliphatic hydroxyl groups is 1. The predicted molar refractivity (Wildman–Crippen MR) is 425 cm³/mol. The van der Waals surface area contributed by atoms with Crippen LogP contribution >= 0.6 is 11.8 Å². The summed E-state index contributed by atoms with van der Waals surface area (Å²) in [6.45, 7) is 0.529. The molecule has 4 heterocycles. The van der Waals surface area contributed by atoms with Crippen LogP contribution in [0.3, 0.4) is 0 Å². The van der Waals surface area contributed by atoms with Gasteiger partial charge in [-0.2, -0.15) is 0 Å². The maximum Gasteiger partial charge on any atom is 0.245 e. The van der Waals surface area contributed by atoms with Gasteiger partial charge >= 0.3 is 0 Å². The third-order valence-electron chi connectivity index (χ3n) is 19.0. The summed E-state index contributed by atoms with van der Waals surface area (Å²) in [6.07, 6.45) is 6.68. The van der Waals surface area contributed by atoms with Crippen LogP contribution in [-0.4, -0.2) is 239 Å². The number of nitrogens with two attached hydrogens (primary N) is 2. The largest absolute Gasteiger partial charge is 0.394 e. The molecule has 0 spiro atoms. The number of imidazole rings is 3. The zero-order chi connectivity index (χ0) is 83.8. The van der Waals surface area contributed by atoms with Gasteiger partial charge in [0.15, 0.2) is 5.96 Å². The number of aromatic amines is 2. The third kappa shape index (κ3) is 27.1. The molecule has 0 saturated carbocycles. The maximum atomic E-state index is 15.2. The zero-order valence-corrected chi connectivity index (χ0v) is 65.2. The molecule has 38 nitrogen and oxygen atoms in total. The van der Waals surface area contributed by atoms with E-state index in [-0.39, 0.29) is 87.9 Å². The van der Waals surface area contributed by atoms with Crippen LogP contribution in [0.25, 0.3) is 10.8 Å². The number of carbonyl (C=O) groups is 14. The fraction of sp³-hybridized carbons (Fsp3) is 0.403. The summed E-state index contributed by atoms with van der Waals surface area (Å²) in [7, 11) is 2.90. The van der Waals surface area contributed by atoms with Gasteiger partial charge in [-0.15, -0.1) is 11.8 Å². The number of amides is 14. The van der Waals surface area contributed by atoms with Crippen molar-refractivity contribution < 1.29 is 72.2 Å². The average molecular weight is 1620 g/mol. The number of H-pyrrole nitrogens is 2. The summed E-state index contributed by atoms with van der Waals surface area (Å²) >= 11 is 0.826. The highest BCUT2D eigenvalue weighted by atomic mass is 32.2. The number of aromatic nitrogens is 6. The molecule has 21 N–H and O–H groups in total. The molecule has 14 amide bonds. The van der Waals surface area contributed by atoms with Crippen LogP contribution in [0.1, 0.15) is 73.3 Å². The summed E-state index contributed by atoms with van der Waals surface area (Å²) < 4.78 is 1.56. The monoisotopic (exact) mass is 1620 g/mol. The van der Waals surface area contributed by atoms with Crippen molar-refractivity contribution in [1.29, 1.82) is 5.41 Å². The number of guanidine groups is 1. The molecule has 0 radical (unpaired) electrons. The smallest absolute Gasteiger partial charge is 0.245 e. The molecule has 1 aliphatic rings. The molecule has 618 valence electrons. The molecular formula is C77H99N23O15S. The number of carbonyl (C=O) groups excluding carboxylic acids is 14. The topological polar surface area (TPSA) is 570 Å². The van der Waals surface area contributed by atoms with Crippen molar-refractivity contribution >= 4 is 111 Å². The summed E-state index contributed by atoms with van der Waals surface area (Å²) in [6, 6.07) is 12.8. The highest BCUT2D eigenvalue weighted by molar-refractivity contribution is 8.00. The van der Waals surface area contributed by atoms with Crippen LogP contribution in [0, 0.1) is 5.41 Å². The molecule has 0 unspecified atom stereocenters. The van der Waals surface area contributed by atoms with Crippen molar-refractivity contribution in [3.05, 3.63) is 174 Å². The van der Waals surface area contributed by atoms with Gasteiger partial charge in [-0.3, -0.25) is 72.5 Å². The van der Waals surface area contributed by atoms with Crippen LogP contribution < -0.4 is 80.6 Å². The molecule has 7 aromatic rings. The summed E-state index contributed by atoms with van der Waals surface area (Å²) in [5.74, 6) is -14.2. The molecule has 4 aromatic carbocycles. The molecule has 1 fully saturated rings. The molecule has 0 aliphatic carbocycles. The fourth-order valence-electron chi connectivity index (χ4n) is 12.6. The van der Waals surface area contributed by atoms with E-state index in [9.17, 15) is 57.8 Å². The quantitative estimate of drug-likeness (QED) is 0.0175. The van der Waals surface area contributed by atoms with Gasteiger partial charge in [0.2, 0.25) is 82.7 Å². The van der Waals surface area contributed by atoms with Crippen LogP contribution in [0.5, 0.6) is 0 Å². The van der Waals surface area contributed by atoms with Gasteiger partial charge in [-0.1, -0.05) is 117 Å². The van der Waals surface area contributed by atoms with Gasteiger partial charge in [0.1, 0.15) is 66.5 Å². The lowest BCUT2D eigenvalue weighted by atomic mass is 9.97. The first-order valence-corrected chi connectivity index (χ1v) is 38.7. The summed E-state index contributed by atoms with van der Waals surface area (Å²) in [4.78, 5) is 222. The highest BCUT2D eigenvalue weighted by Crippen LogP contribution is 2.22. The first-order chi connectivity index (χ1) is 55.7. The number of hydrogen-bond acceptors (Lipinski definition) is 20. The minimum absolute atomic E-state index is 0.00206. The molecule has 1 aliphatic heterocycles. The third-order valence-corrected chi connectivity index (χ3v) is 20.0. The van der Waals surface area contributed by atoms with E-state index in [1.54, 1.807) is 104 Å². The molecule has 1 saturated heterocycles. The SMILES string of the molecule is CC[C@@H]1NC(=O)[C@H](Cc2ccccc2)NC(=O)CSC[C@@H](C(=O)NCC(N)=O)NC(=O)[C@H](Cc2cncn2C)NC(=O)[C@H](CC)NC(=O)[C@H](Cc2c[nH]cn2)NC(=O)[C@H](Cc2ccccc2)N(C)C(=O)[C@H](CCCNC(=N)N)NC(=O)[C@H](CO)NC(=O)CNC(=O)[C@H](Cc2c[nH]cn2)NC(=O)[C@H](Cc2cccc3ccccc23)NC1=O. The zero-order valence-electron chi connectivity index (χ0n) is 64.4. The molecule has 8 rings (SSSR count). The lowest BCUT2D eigenvalue weighted by molar-refractivity contribution is -0.143. The van der Waals surface area contributed by atoms with E-state index < -0.39 is 181 Å². The number of rotatable bonds is 22. The fourth-order valence-corrected chi connectivity index (χ4v) is 13.5. The Balaban J connectivity index is 1.16. The number of likely N-dealkylation sites (N-methyl/N-ethyl adjacent to an activating group) is 1. The van der Waals surface area contributed by atoms with Crippen molar-refractivity contribution in [2.24, 2.45) is 18.5 Å². The Morgan fingerprint density at radius 1 is 0.543 bits per heavy atom. The molecule has 3 aromatic heterocycles. The van der Waals surface area contributed by atoms with E-state index in [0.717, 1.165) is 22.0 Å². The van der Waals surface area contributed by atoms with Crippen molar-refractivity contribution in [3.8, 4) is 0 Å². The minimum atomic E-state index is -1.81. The maximum absolute atomic E-state index is 15.2.